The fourth-order valence-corrected chi connectivity index (χ4v) is 6.02. The van der Waals surface area contributed by atoms with E-state index in [-0.39, 0.29) is 12.0 Å². The van der Waals surface area contributed by atoms with E-state index in [0.29, 0.717) is 56.6 Å². The average Bonchev–Trinajstić information content (AvgIpc) is 3.49. The Morgan fingerprint density at radius 2 is 1.73 bits per heavy atom. The van der Waals surface area contributed by atoms with Crippen molar-refractivity contribution in [3.8, 4) is 0 Å². The van der Waals surface area contributed by atoms with Crippen molar-refractivity contribution in [3.63, 3.8) is 0 Å². The number of halogens is 1. The van der Waals surface area contributed by atoms with Crippen LogP contribution in [0.25, 0.3) is 0 Å². The standard InChI is InChI=1S/C28H36ClN5O3/c1-19-5-10-22-23(19)24(31-18-30-22)32-13-15-33(16-14-32)25(35)28(20-6-8-21(29)9-7-20)11-12-34(17-28)26(36)37-27(2,3)4/h6-9,18-19H,5,10-17H2,1-4H3. The normalized spacial score (nSPS) is 23.8. The Morgan fingerprint density at radius 1 is 1.03 bits per heavy atom. The molecule has 0 spiro atoms. The number of carbonyl (C=O) groups excluding carboxylic acids is 2. The van der Waals surface area contributed by atoms with E-state index in [9.17, 15) is 9.59 Å². The molecule has 2 atom stereocenters. The van der Waals surface area contributed by atoms with Gasteiger partial charge in [-0.2, -0.15) is 0 Å². The Kier molecular flexibility index (Phi) is 6.81. The number of aryl methyl sites for hydroxylation is 1. The first-order valence-corrected chi connectivity index (χ1v) is 13.6. The first-order valence-electron chi connectivity index (χ1n) is 13.2. The zero-order chi connectivity index (χ0) is 26.4. The molecule has 2 fully saturated rings. The van der Waals surface area contributed by atoms with E-state index in [1.54, 1.807) is 11.2 Å². The van der Waals surface area contributed by atoms with Gasteiger partial charge in [0.2, 0.25) is 5.91 Å². The minimum atomic E-state index is -0.825. The Hall–Kier alpha value is -2.87. The summed E-state index contributed by atoms with van der Waals surface area (Å²) in [5.74, 6) is 1.53. The summed E-state index contributed by atoms with van der Waals surface area (Å²) in [4.78, 5) is 42.2. The third-order valence-corrected chi connectivity index (χ3v) is 8.10. The Labute approximate surface area is 223 Å². The molecule has 3 aliphatic rings. The van der Waals surface area contributed by atoms with Gasteiger partial charge in [-0.15, -0.1) is 0 Å². The molecular formula is C28H36ClN5O3. The summed E-state index contributed by atoms with van der Waals surface area (Å²) in [5, 5.41) is 0.619. The molecule has 2 unspecified atom stereocenters. The number of carbonyl (C=O) groups is 2. The van der Waals surface area contributed by atoms with E-state index in [1.807, 2.05) is 49.9 Å². The van der Waals surface area contributed by atoms with Crippen LogP contribution in [0.2, 0.25) is 5.02 Å². The van der Waals surface area contributed by atoms with Crippen LogP contribution < -0.4 is 4.90 Å². The molecule has 1 aromatic carbocycles. The lowest BCUT2D eigenvalue weighted by Gasteiger charge is -2.40. The van der Waals surface area contributed by atoms with Crippen molar-refractivity contribution in [2.45, 2.75) is 63.9 Å². The van der Waals surface area contributed by atoms with Crippen molar-refractivity contribution in [1.29, 1.82) is 0 Å². The number of ether oxygens (including phenoxy) is 1. The van der Waals surface area contributed by atoms with Crippen molar-refractivity contribution < 1.29 is 14.3 Å². The van der Waals surface area contributed by atoms with Gasteiger partial charge >= 0.3 is 6.09 Å². The zero-order valence-corrected chi connectivity index (χ0v) is 22.9. The van der Waals surface area contributed by atoms with Gasteiger partial charge in [0.25, 0.3) is 0 Å². The molecule has 37 heavy (non-hydrogen) atoms. The zero-order valence-electron chi connectivity index (χ0n) is 22.2. The Bertz CT molecular complexity index is 1170. The van der Waals surface area contributed by atoms with Crippen molar-refractivity contribution >= 4 is 29.4 Å². The van der Waals surface area contributed by atoms with Crippen LogP contribution in [-0.4, -0.2) is 76.6 Å². The first-order chi connectivity index (χ1) is 17.6. The van der Waals surface area contributed by atoms with Crippen LogP contribution in [0.5, 0.6) is 0 Å². The molecule has 0 bridgehead atoms. The molecule has 2 aromatic rings. The molecule has 1 aromatic heterocycles. The van der Waals surface area contributed by atoms with Crippen molar-refractivity contribution in [3.05, 3.63) is 52.4 Å². The second kappa shape index (κ2) is 9.78. The fourth-order valence-electron chi connectivity index (χ4n) is 5.89. The van der Waals surface area contributed by atoms with E-state index >= 15 is 0 Å². The van der Waals surface area contributed by atoms with Gasteiger partial charge in [-0.05, 0) is 63.6 Å². The smallest absolute Gasteiger partial charge is 0.410 e. The van der Waals surface area contributed by atoms with E-state index < -0.39 is 11.0 Å². The highest BCUT2D eigenvalue weighted by molar-refractivity contribution is 6.30. The maximum absolute atomic E-state index is 14.2. The maximum atomic E-state index is 14.2. The predicted molar refractivity (Wildman–Crippen MR) is 143 cm³/mol. The van der Waals surface area contributed by atoms with Gasteiger partial charge in [-0.1, -0.05) is 30.7 Å². The lowest BCUT2D eigenvalue weighted by molar-refractivity contribution is -0.137. The summed E-state index contributed by atoms with van der Waals surface area (Å²) >= 11 is 6.17. The number of likely N-dealkylation sites (tertiary alicyclic amines) is 1. The molecule has 3 heterocycles. The third kappa shape index (κ3) is 5.00. The van der Waals surface area contributed by atoms with Crippen LogP contribution in [0.3, 0.4) is 0 Å². The number of hydrogen-bond acceptors (Lipinski definition) is 6. The lowest BCUT2D eigenvalue weighted by Crippen LogP contribution is -2.56. The molecule has 0 saturated carbocycles. The summed E-state index contributed by atoms with van der Waals surface area (Å²) in [5.41, 5.74) is 1.89. The number of fused-ring (bicyclic) bond motifs is 1. The Morgan fingerprint density at radius 3 is 2.41 bits per heavy atom. The number of benzene rings is 1. The van der Waals surface area contributed by atoms with Gasteiger partial charge in [-0.25, -0.2) is 14.8 Å². The van der Waals surface area contributed by atoms with E-state index in [0.717, 1.165) is 29.9 Å². The van der Waals surface area contributed by atoms with Gasteiger partial charge in [0.15, 0.2) is 0 Å². The van der Waals surface area contributed by atoms with Crippen LogP contribution >= 0.6 is 11.6 Å². The number of amides is 2. The lowest BCUT2D eigenvalue weighted by atomic mass is 9.78. The highest BCUT2D eigenvalue weighted by Gasteiger charge is 2.50. The topological polar surface area (TPSA) is 78.9 Å². The number of aromatic nitrogens is 2. The van der Waals surface area contributed by atoms with Crippen molar-refractivity contribution in [2.75, 3.05) is 44.2 Å². The van der Waals surface area contributed by atoms with Crippen LogP contribution in [0.15, 0.2) is 30.6 Å². The molecular weight excluding hydrogens is 490 g/mol. The van der Waals surface area contributed by atoms with Crippen molar-refractivity contribution in [1.82, 2.24) is 19.8 Å². The minimum absolute atomic E-state index is 0.0572. The quantitative estimate of drug-likeness (QED) is 0.590. The second-order valence-electron chi connectivity index (χ2n) is 11.5. The van der Waals surface area contributed by atoms with Gasteiger partial charge in [-0.3, -0.25) is 4.79 Å². The largest absolute Gasteiger partial charge is 0.444 e. The minimum Gasteiger partial charge on any atom is -0.444 e. The number of nitrogens with zero attached hydrogens (tertiary/aromatic N) is 5. The molecule has 0 N–H and O–H groups in total. The molecule has 198 valence electrons. The summed E-state index contributed by atoms with van der Waals surface area (Å²) in [6.45, 7) is 11.2. The monoisotopic (exact) mass is 525 g/mol. The van der Waals surface area contributed by atoms with Gasteiger partial charge in [0.1, 0.15) is 17.7 Å². The van der Waals surface area contributed by atoms with Crippen LogP contribution in [0, 0.1) is 0 Å². The number of rotatable bonds is 3. The number of piperazine rings is 1. The van der Waals surface area contributed by atoms with Gasteiger partial charge in [0, 0.05) is 55.5 Å². The van der Waals surface area contributed by atoms with E-state index in [2.05, 4.69) is 21.8 Å². The Balaban J connectivity index is 1.35. The molecule has 2 amide bonds. The maximum Gasteiger partial charge on any atom is 0.410 e. The summed E-state index contributed by atoms with van der Waals surface area (Å²) in [6.07, 6.45) is 3.94. The predicted octanol–water partition coefficient (Wildman–Crippen LogP) is 4.41. The molecule has 9 heteroatoms. The molecule has 5 rings (SSSR count). The number of hydrogen-bond donors (Lipinski definition) is 0. The van der Waals surface area contributed by atoms with E-state index in [1.165, 1.54) is 5.56 Å². The van der Waals surface area contributed by atoms with Crippen LogP contribution in [-0.2, 0) is 21.4 Å². The van der Waals surface area contributed by atoms with Gasteiger partial charge in [0.05, 0.1) is 5.41 Å². The molecule has 2 saturated heterocycles. The fraction of sp³-hybridized carbons (Fsp3) is 0.571. The highest BCUT2D eigenvalue weighted by Crippen LogP contribution is 2.40. The SMILES string of the molecule is CC1CCc2ncnc(N3CCN(C(=O)C4(c5ccc(Cl)cc5)CCN(C(=O)OC(C)(C)C)C4)CC3)c21. The molecule has 1 aliphatic carbocycles. The highest BCUT2D eigenvalue weighted by atomic mass is 35.5. The first kappa shape index (κ1) is 25.8. The summed E-state index contributed by atoms with van der Waals surface area (Å²) in [7, 11) is 0. The number of anilines is 1. The van der Waals surface area contributed by atoms with Gasteiger partial charge < -0.3 is 19.4 Å². The average molecular weight is 526 g/mol. The molecule has 8 nitrogen and oxygen atoms in total. The summed E-state index contributed by atoms with van der Waals surface area (Å²) in [6, 6.07) is 7.47. The molecule has 2 aliphatic heterocycles. The van der Waals surface area contributed by atoms with Crippen LogP contribution in [0.4, 0.5) is 10.6 Å². The molecule has 0 radical (unpaired) electrons. The summed E-state index contributed by atoms with van der Waals surface area (Å²) < 4.78 is 5.63. The third-order valence-electron chi connectivity index (χ3n) is 7.85. The second-order valence-corrected chi connectivity index (χ2v) is 12.0. The van der Waals surface area contributed by atoms with E-state index in [4.69, 9.17) is 16.3 Å². The van der Waals surface area contributed by atoms with Crippen molar-refractivity contribution in [2.24, 2.45) is 0 Å². The van der Waals surface area contributed by atoms with Crippen LogP contribution in [0.1, 0.15) is 63.3 Å².